The van der Waals surface area contributed by atoms with Crippen LogP contribution in [0.2, 0.25) is 0 Å². The quantitative estimate of drug-likeness (QED) is 0.294. The molecule has 0 saturated carbocycles. The van der Waals surface area contributed by atoms with E-state index < -0.39 is 12.0 Å². The zero-order valence-electron chi connectivity index (χ0n) is 22.6. The number of carbonyl (C=O) groups is 2. The number of hydrogen-bond donors (Lipinski definition) is 0. The standard InChI is InChI=1S/C31H33N3O4S/c1-4-6-7-8-14-19-33-23-18-13-12-17-22(23)25(28(33)35)27-29(36)34-26(21-15-10-9-11-16-21)24(30(37)38-5-2)20(3)32-31(34)39-27/h9-13,15-18,26H,4-8,14,19H2,1-3H3. The molecule has 0 saturated heterocycles. The number of rotatable bonds is 9. The fourth-order valence-corrected chi connectivity index (χ4v) is 6.52. The Morgan fingerprint density at radius 2 is 1.69 bits per heavy atom. The molecule has 1 aromatic heterocycles. The Labute approximate surface area is 231 Å². The normalized spacial score (nSPS) is 17.7. The van der Waals surface area contributed by atoms with Crippen molar-refractivity contribution in [3.8, 4) is 0 Å². The Bertz CT molecular complexity index is 1620. The fraction of sp³-hybridized carbons (Fsp3) is 0.355. The van der Waals surface area contributed by atoms with Crippen LogP contribution in [0, 0.1) is 0 Å². The van der Waals surface area contributed by atoms with E-state index in [4.69, 9.17) is 4.74 Å². The lowest BCUT2D eigenvalue weighted by Gasteiger charge is -2.24. The molecule has 7 nitrogen and oxygen atoms in total. The maximum Gasteiger partial charge on any atom is 0.338 e. The molecule has 39 heavy (non-hydrogen) atoms. The van der Waals surface area contributed by atoms with E-state index in [1.807, 2.05) is 54.6 Å². The average molecular weight is 544 g/mol. The number of nitrogens with zero attached hydrogens (tertiary/aromatic N) is 3. The molecule has 8 heteroatoms. The Hall–Kier alpha value is -3.78. The van der Waals surface area contributed by atoms with Crippen LogP contribution in [-0.2, 0) is 14.3 Å². The highest BCUT2D eigenvalue weighted by Crippen LogP contribution is 2.36. The van der Waals surface area contributed by atoms with Crippen LogP contribution in [0.4, 0.5) is 5.69 Å². The van der Waals surface area contributed by atoms with Gasteiger partial charge in [-0.3, -0.25) is 14.2 Å². The first kappa shape index (κ1) is 26.8. The highest BCUT2D eigenvalue weighted by molar-refractivity contribution is 7.07. The van der Waals surface area contributed by atoms with Gasteiger partial charge in [0.2, 0.25) is 0 Å². The summed E-state index contributed by atoms with van der Waals surface area (Å²) in [4.78, 5) is 48.0. The van der Waals surface area contributed by atoms with E-state index in [9.17, 15) is 14.4 Å². The fourth-order valence-electron chi connectivity index (χ4n) is 5.39. The summed E-state index contributed by atoms with van der Waals surface area (Å²) in [6.45, 7) is 6.52. The van der Waals surface area contributed by atoms with Gasteiger partial charge in [0.25, 0.3) is 11.5 Å². The largest absolute Gasteiger partial charge is 0.463 e. The first-order valence-electron chi connectivity index (χ1n) is 13.7. The predicted octanol–water partition coefficient (Wildman–Crippen LogP) is 4.49. The lowest BCUT2D eigenvalue weighted by Crippen LogP contribution is -2.41. The van der Waals surface area contributed by atoms with Crippen molar-refractivity contribution in [3.63, 3.8) is 0 Å². The van der Waals surface area contributed by atoms with Crippen LogP contribution in [0.3, 0.4) is 0 Å². The molecule has 0 spiro atoms. The summed E-state index contributed by atoms with van der Waals surface area (Å²) in [5.41, 5.74) is 3.30. The topological polar surface area (TPSA) is 81.0 Å². The van der Waals surface area contributed by atoms with Gasteiger partial charge in [-0.05, 0) is 31.9 Å². The number of carbonyl (C=O) groups excluding carboxylic acids is 2. The second kappa shape index (κ2) is 11.5. The van der Waals surface area contributed by atoms with Gasteiger partial charge < -0.3 is 9.64 Å². The Morgan fingerprint density at radius 3 is 2.44 bits per heavy atom. The maximum absolute atomic E-state index is 14.2. The number of thiazole rings is 1. The molecule has 0 N–H and O–H groups in total. The third-order valence-electron chi connectivity index (χ3n) is 7.24. The van der Waals surface area contributed by atoms with E-state index in [2.05, 4.69) is 11.9 Å². The van der Waals surface area contributed by atoms with Crippen LogP contribution in [0.1, 0.15) is 70.0 Å². The number of allylic oxidation sites excluding steroid dienone is 1. The molecule has 1 atom stereocenters. The van der Waals surface area contributed by atoms with Crippen molar-refractivity contribution in [3.05, 3.63) is 96.7 Å². The highest BCUT2D eigenvalue weighted by Gasteiger charge is 2.37. The number of hydrogen-bond acceptors (Lipinski definition) is 6. The molecular formula is C31H33N3O4S. The van der Waals surface area contributed by atoms with E-state index in [1.54, 1.807) is 23.3 Å². The summed E-state index contributed by atoms with van der Waals surface area (Å²) >= 11 is 1.21. The molecular weight excluding hydrogens is 510 g/mol. The van der Waals surface area contributed by atoms with Gasteiger partial charge in [0, 0.05) is 12.1 Å². The Balaban J connectivity index is 1.66. The van der Waals surface area contributed by atoms with Crippen molar-refractivity contribution >= 4 is 34.5 Å². The second-order valence-electron chi connectivity index (χ2n) is 9.80. The van der Waals surface area contributed by atoms with Crippen molar-refractivity contribution in [1.29, 1.82) is 0 Å². The lowest BCUT2D eigenvalue weighted by molar-refractivity contribution is -0.139. The SMILES string of the molecule is CCCCCCCN1C(=O)C(=c2sc3n(c2=O)C(c2ccccc2)C(C(=O)OCC)=C(C)N=3)c2ccccc21. The molecule has 2 aliphatic heterocycles. The summed E-state index contributed by atoms with van der Waals surface area (Å²) in [6, 6.07) is 16.4. The maximum atomic E-state index is 14.2. The van der Waals surface area contributed by atoms with Gasteiger partial charge in [0.05, 0.1) is 35.2 Å². The van der Waals surface area contributed by atoms with E-state index >= 15 is 0 Å². The van der Waals surface area contributed by atoms with Gasteiger partial charge in [0.15, 0.2) is 4.80 Å². The first-order chi connectivity index (χ1) is 19.0. The number of anilines is 1. The van der Waals surface area contributed by atoms with Crippen molar-refractivity contribution in [2.45, 2.75) is 58.9 Å². The zero-order valence-corrected chi connectivity index (χ0v) is 23.4. The monoisotopic (exact) mass is 543 g/mol. The third-order valence-corrected chi connectivity index (χ3v) is 8.30. The molecule has 3 heterocycles. The summed E-state index contributed by atoms with van der Waals surface area (Å²) < 4.78 is 7.26. The number of ether oxygens (including phenoxy) is 1. The van der Waals surface area contributed by atoms with Crippen LogP contribution in [-0.4, -0.2) is 29.6 Å². The van der Waals surface area contributed by atoms with E-state index in [1.165, 1.54) is 17.8 Å². The van der Waals surface area contributed by atoms with Crippen molar-refractivity contribution in [2.75, 3.05) is 18.1 Å². The number of esters is 1. The molecule has 1 unspecified atom stereocenters. The molecule has 1 amide bonds. The third kappa shape index (κ3) is 4.89. The molecule has 2 aliphatic rings. The first-order valence-corrected chi connectivity index (χ1v) is 14.5. The molecule has 0 fully saturated rings. The van der Waals surface area contributed by atoms with Gasteiger partial charge in [-0.15, -0.1) is 0 Å². The van der Waals surface area contributed by atoms with Gasteiger partial charge in [-0.25, -0.2) is 9.79 Å². The lowest BCUT2D eigenvalue weighted by atomic mass is 9.96. The number of aromatic nitrogens is 1. The molecule has 0 aliphatic carbocycles. The zero-order chi connectivity index (χ0) is 27.5. The van der Waals surface area contributed by atoms with E-state index in [-0.39, 0.29) is 18.1 Å². The summed E-state index contributed by atoms with van der Waals surface area (Å²) in [7, 11) is 0. The number of unbranched alkanes of at least 4 members (excludes halogenated alkanes) is 4. The van der Waals surface area contributed by atoms with Gasteiger partial charge in [-0.1, -0.05) is 92.5 Å². The molecule has 5 rings (SSSR count). The average Bonchev–Trinajstić information content (AvgIpc) is 3.40. The van der Waals surface area contributed by atoms with E-state index in [0.29, 0.717) is 32.7 Å². The van der Waals surface area contributed by atoms with Crippen LogP contribution in [0.15, 0.2) is 75.7 Å². The minimum atomic E-state index is -0.697. The van der Waals surface area contributed by atoms with Crippen molar-refractivity contribution < 1.29 is 14.3 Å². The minimum Gasteiger partial charge on any atom is -0.463 e. The molecule has 3 aromatic rings. The molecule has 202 valence electrons. The summed E-state index contributed by atoms with van der Waals surface area (Å²) in [5, 5.41) is 0. The molecule has 2 aromatic carbocycles. The van der Waals surface area contributed by atoms with Crippen molar-refractivity contribution in [1.82, 2.24) is 4.57 Å². The van der Waals surface area contributed by atoms with Crippen LogP contribution in [0.5, 0.6) is 0 Å². The number of fused-ring (bicyclic) bond motifs is 2. The minimum absolute atomic E-state index is 0.158. The van der Waals surface area contributed by atoms with Crippen molar-refractivity contribution in [2.24, 2.45) is 4.99 Å². The van der Waals surface area contributed by atoms with Crippen LogP contribution < -0.4 is 19.8 Å². The summed E-state index contributed by atoms with van der Waals surface area (Å²) in [6.07, 6.45) is 5.46. The number of amides is 1. The second-order valence-corrected chi connectivity index (χ2v) is 10.8. The van der Waals surface area contributed by atoms with Gasteiger partial charge in [0.1, 0.15) is 4.53 Å². The Morgan fingerprint density at radius 1 is 0.974 bits per heavy atom. The smallest absolute Gasteiger partial charge is 0.338 e. The van der Waals surface area contributed by atoms with Gasteiger partial charge >= 0.3 is 5.97 Å². The van der Waals surface area contributed by atoms with Gasteiger partial charge in [-0.2, -0.15) is 0 Å². The number of para-hydroxylation sites is 1. The van der Waals surface area contributed by atoms with Crippen LogP contribution in [0.25, 0.3) is 5.57 Å². The highest BCUT2D eigenvalue weighted by atomic mass is 32.1. The summed E-state index contributed by atoms with van der Waals surface area (Å²) in [5.74, 6) is -0.656. The molecule has 0 radical (unpaired) electrons. The number of benzene rings is 2. The predicted molar refractivity (Wildman–Crippen MR) is 153 cm³/mol. The molecule has 0 bridgehead atoms. The van der Waals surface area contributed by atoms with E-state index in [0.717, 1.165) is 42.5 Å². The Kier molecular flexibility index (Phi) is 7.93. The van der Waals surface area contributed by atoms with Crippen LogP contribution >= 0.6 is 11.3 Å².